The maximum atomic E-state index is 5.84. The average Bonchev–Trinajstić information content (AvgIpc) is 2.85. The molecule has 2 heterocycles. The number of hydrogen-bond donors (Lipinski definition) is 1. The van der Waals surface area contributed by atoms with Crippen molar-refractivity contribution in [3.63, 3.8) is 0 Å². The van der Waals surface area contributed by atoms with Gasteiger partial charge in [-0.3, -0.25) is 0 Å². The smallest absolute Gasteiger partial charge is 0.227 e. The maximum Gasteiger partial charge on any atom is 0.227 e. The highest BCUT2D eigenvalue weighted by Crippen LogP contribution is 2.27. The number of nitrogen functional groups attached to an aromatic ring is 1. The monoisotopic (exact) mass is 291 g/mol. The Labute approximate surface area is 118 Å². The SMILES string of the molecule is Nc1nc(OCc2ccc(Cl)cc2)c2ccsc2n1. The molecule has 0 fully saturated rings. The number of ether oxygens (including phenoxy) is 1. The van der Waals surface area contributed by atoms with Crippen LogP contribution in [0.1, 0.15) is 5.56 Å². The van der Waals surface area contributed by atoms with Crippen molar-refractivity contribution in [1.29, 1.82) is 0 Å². The number of nitrogens with zero attached hydrogens (tertiary/aromatic N) is 2. The molecular formula is C13H10ClN3OS. The summed E-state index contributed by atoms with van der Waals surface area (Å²) in [6.45, 7) is 0.415. The largest absolute Gasteiger partial charge is 0.472 e. The minimum Gasteiger partial charge on any atom is -0.472 e. The predicted molar refractivity (Wildman–Crippen MR) is 77.6 cm³/mol. The fraction of sp³-hybridized carbons (Fsp3) is 0.0769. The molecule has 6 heteroatoms. The first-order valence-corrected chi connectivity index (χ1v) is 6.86. The van der Waals surface area contributed by atoms with Gasteiger partial charge in [0.2, 0.25) is 11.8 Å². The summed E-state index contributed by atoms with van der Waals surface area (Å²) in [5.41, 5.74) is 6.68. The Morgan fingerprint density at radius 2 is 1.95 bits per heavy atom. The first kappa shape index (κ1) is 12.2. The lowest BCUT2D eigenvalue weighted by atomic mass is 10.2. The van der Waals surface area contributed by atoms with Crippen LogP contribution in [0.2, 0.25) is 5.02 Å². The van der Waals surface area contributed by atoms with E-state index in [4.69, 9.17) is 22.1 Å². The lowest BCUT2D eigenvalue weighted by Crippen LogP contribution is -2.01. The number of rotatable bonds is 3. The number of fused-ring (bicyclic) bond motifs is 1. The Morgan fingerprint density at radius 3 is 2.74 bits per heavy atom. The summed E-state index contributed by atoms with van der Waals surface area (Å²) >= 11 is 7.35. The summed E-state index contributed by atoms with van der Waals surface area (Å²) in [5.74, 6) is 0.736. The van der Waals surface area contributed by atoms with E-state index in [9.17, 15) is 0 Å². The molecule has 0 bridgehead atoms. The molecule has 0 unspecified atom stereocenters. The minimum absolute atomic E-state index is 0.223. The molecule has 0 amide bonds. The molecule has 3 aromatic rings. The first-order chi connectivity index (χ1) is 9.22. The van der Waals surface area contributed by atoms with E-state index in [1.54, 1.807) is 0 Å². The van der Waals surface area contributed by atoms with Gasteiger partial charge >= 0.3 is 0 Å². The number of hydrogen-bond acceptors (Lipinski definition) is 5. The molecule has 0 aliphatic rings. The highest BCUT2D eigenvalue weighted by atomic mass is 35.5. The normalized spacial score (nSPS) is 10.8. The summed E-state index contributed by atoms with van der Waals surface area (Å²) in [4.78, 5) is 9.11. The van der Waals surface area contributed by atoms with Crippen molar-refractivity contribution in [3.8, 4) is 5.88 Å². The van der Waals surface area contributed by atoms with Crippen LogP contribution >= 0.6 is 22.9 Å². The Bertz CT molecular complexity index is 711. The number of thiophene rings is 1. The van der Waals surface area contributed by atoms with Crippen molar-refractivity contribution >= 4 is 39.1 Å². The van der Waals surface area contributed by atoms with Crippen molar-refractivity contribution in [2.45, 2.75) is 6.61 Å². The van der Waals surface area contributed by atoms with E-state index in [0.717, 1.165) is 15.8 Å². The van der Waals surface area contributed by atoms with Crippen LogP contribution in [0.15, 0.2) is 35.7 Å². The van der Waals surface area contributed by atoms with Gasteiger partial charge in [-0.05, 0) is 29.1 Å². The number of benzene rings is 1. The van der Waals surface area contributed by atoms with Gasteiger partial charge in [-0.25, -0.2) is 4.98 Å². The lowest BCUT2D eigenvalue weighted by molar-refractivity contribution is 0.298. The quantitative estimate of drug-likeness (QED) is 0.802. The third kappa shape index (κ3) is 2.62. The summed E-state index contributed by atoms with van der Waals surface area (Å²) in [5, 5.41) is 3.52. The molecule has 0 aliphatic heterocycles. The molecule has 0 saturated carbocycles. The summed E-state index contributed by atoms with van der Waals surface area (Å²) in [6.07, 6.45) is 0. The molecule has 1 aromatic carbocycles. The van der Waals surface area contributed by atoms with E-state index in [1.807, 2.05) is 35.7 Å². The van der Waals surface area contributed by atoms with Gasteiger partial charge in [0.05, 0.1) is 5.39 Å². The van der Waals surface area contributed by atoms with Gasteiger partial charge in [-0.1, -0.05) is 23.7 Å². The van der Waals surface area contributed by atoms with Crippen molar-refractivity contribution < 1.29 is 4.74 Å². The van der Waals surface area contributed by atoms with Gasteiger partial charge in [0, 0.05) is 5.02 Å². The topological polar surface area (TPSA) is 61.0 Å². The lowest BCUT2D eigenvalue weighted by Gasteiger charge is -2.07. The van der Waals surface area contributed by atoms with Crippen LogP contribution in [-0.2, 0) is 6.61 Å². The highest BCUT2D eigenvalue weighted by Gasteiger charge is 2.08. The average molecular weight is 292 g/mol. The van der Waals surface area contributed by atoms with Gasteiger partial charge in [0.15, 0.2) is 0 Å². The zero-order chi connectivity index (χ0) is 13.2. The van der Waals surface area contributed by atoms with E-state index in [1.165, 1.54) is 11.3 Å². The summed E-state index contributed by atoms with van der Waals surface area (Å²) in [7, 11) is 0. The maximum absolute atomic E-state index is 5.84. The van der Waals surface area contributed by atoms with Gasteiger partial charge in [0.1, 0.15) is 11.4 Å². The third-order valence-electron chi connectivity index (χ3n) is 2.60. The number of halogens is 1. The molecular weight excluding hydrogens is 282 g/mol. The Morgan fingerprint density at radius 1 is 1.16 bits per heavy atom. The third-order valence-corrected chi connectivity index (χ3v) is 3.65. The second kappa shape index (κ2) is 5.03. The number of anilines is 1. The Hall–Kier alpha value is -1.85. The molecule has 0 atom stereocenters. The molecule has 19 heavy (non-hydrogen) atoms. The zero-order valence-corrected chi connectivity index (χ0v) is 11.4. The minimum atomic E-state index is 0.223. The molecule has 4 nitrogen and oxygen atoms in total. The fourth-order valence-electron chi connectivity index (χ4n) is 1.69. The summed E-state index contributed by atoms with van der Waals surface area (Å²) < 4.78 is 5.72. The van der Waals surface area contributed by atoms with Crippen molar-refractivity contribution in [2.75, 3.05) is 5.73 Å². The van der Waals surface area contributed by atoms with E-state index in [0.29, 0.717) is 17.5 Å². The molecule has 96 valence electrons. The predicted octanol–water partition coefficient (Wildman–Crippen LogP) is 3.51. The van der Waals surface area contributed by atoms with E-state index < -0.39 is 0 Å². The fourth-order valence-corrected chi connectivity index (χ4v) is 2.57. The van der Waals surface area contributed by atoms with Gasteiger partial charge in [-0.15, -0.1) is 11.3 Å². The van der Waals surface area contributed by atoms with Crippen molar-refractivity contribution in [3.05, 3.63) is 46.3 Å². The van der Waals surface area contributed by atoms with E-state index in [2.05, 4.69) is 9.97 Å². The van der Waals surface area contributed by atoms with Crippen LogP contribution in [0.4, 0.5) is 5.95 Å². The Kier molecular flexibility index (Phi) is 3.23. The number of aromatic nitrogens is 2. The Balaban J connectivity index is 1.85. The first-order valence-electron chi connectivity index (χ1n) is 5.60. The van der Waals surface area contributed by atoms with Gasteiger partial charge < -0.3 is 10.5 Å². The number of nitrogens with two attached hydrogens (primary N) is 1. The van der Waals surface area contributed by atoms with E-state index in [-0.39, 0.29) is 5.95 Å². The van der Waals surface area contributed by atoms with Crippen LogP contribution in [0, 0.1) is 0 Å². The molecule has 0 saturated heterocycles. The molecule has 2 N–H and O–H groups in total. The highest BCUT2D eigenvalue weighted by molar-refractivity contribution is 7.16. The van der Waals surface area contributed by atoms with Crippen molar-refractivity contribution in [1.82, 2.24) is 9.97 Å². The van der Waals surface area contributed by atoms with Crippen LogP contribution in [0.5, 0.6) is 5.88 Å². The van der Waals surface area contributed by atoms with E-state index >= 15 is 0 Å². The molecule has 0 spiro atoms. The summed E-state index contributed by atoms with van der Waals surface area (Å²) in [6, 6.07) is 9.41. The van der Waals surface area contributed by atoms with Crippen LogP contribution < -0.4 is 10.5 Å². The van der Waals surface area contributed by atoms with Crippen LogP contribution in [0.3, 0.4) is 0 Å². The second-order valence-corrected chi connectivity index (χ2v) is 5.27. The van der Waals surface area contributed by atoms with Gasteiger partial charge in [0.25, 0.3) is 0 Å². The van der Waals surface area contributed by atoms with Crippen molar-refractivity contribution in [2.24, 2.45) is 0 Å². The zero-order valence-electron chi connectivity index (χ0n) is 9.84. The second-order valence-electron chi connectivity index (χ2n) is 3.94. The molecule has 0 radical (unpaired) electrons. The van der Waals surface area contributed by atoms with Crippen LogP contribution in [-0.4, -0.2) is 9.97 Å². The molecule has 0 aliphatic carbocycles. The standard InChI is InChI=1S/C13H10ClN3OS/c14-9-3-1-8(2-4-9)7-18-11-10-5-6-19-12(10)17-13(15)16-11/h1-6H,7H2,(H2,15,16,17). The molecule has 3 rings (SSSR count). The van der Waals surface area contributed by atoms with Crippen LogP contribution in [0.25, 0.3) is 10.2 Å². The van der Waals surface area contributed by atoms with Gasteiger partial charge in [-0.2, -0.15) is 4.98 Å². The molecule has 2 aromatic heterocycles.